The highest BCUT2D eigenvalue weighted by atomic mass is 32.2. The third kappa shape index (κ3) is 5.75. The molecule has 9 heteroatoms. The van der Waals surface area contributed by atoms with Gasteiger partial charge in [-0.3, -0.25) is 9.69 Å². The van der Waals surface area contributed by atoms with Crippen LogP contribution in [0.4, 0.5) is 0 Å². The molecule has 1 aliphatic heterocycles. The first-order valence-electron chi connectivity index (χ1n) is 14.2. The van der Waals surface area contributed by atoms with Crippen LogP contribution in [0.25, 0.3) is 11.0 Å². The van der Waals surface area contributed by atoms with E-state index in [1.807, 2.05) is 32.2 Å². The van der Waals surface area contributed by atoms with Crippen molar-refractivity contribution in [3.63, 3.8) is 0 Å². The molecular weight excluding hydrogens is 512 g/mol. The monoisotopic (exact) mass is 552 g/mol. The number of carbonyl (C=O) groups is 1. The highest BCUT2D eigenvalue weighted by Crippen LogP contribution is 2.35. The van der Waals surface area contributed by atoms with E-state index in [4.69, 9.17) is 0 Å². The third-order valence-corrected chi connectivity index (χ3v) is 11.7. The number of carboxylic acid groups (broad SMARTS) is 1. The summed E-state index contributed by atoms with van der Waals surface area (Å²) in [5.41, 5.74) is 6.79. The Morgan fingerprint density at radius 2 is 1.79 bits per heavy atom. The van der Waals surface area contributed by atoms with Gasteiger partial charge in [-0.2, -0.15) is 0 Å². The molecule has 1 saturated carbocycles. The highest BCUT2D eigenvalue weighted by Gasteiger charge is 2.37. The largest absolute Gasteiger partial charge is 0.481 e. The topological polar surface area (TPSA) is 105 Å². The number of aliphatic carboxylic acids is 1. The number of aryl methyl sites for hydroxylation is 3. The fourth-order valence-corrected chi connectivity index (χ4v) is 9.07. The van der Waals surface area contributed by atoms with Gasteiger partial charge >= 0.3 is 5.97 Å². The second kappa shape index (κ2) is 11.4. The average Bonchev–Trinajstić information content (AvgIpc) is 3.31. The summed E-state index contributed by atoms with van der Waals surface area (Å²) < 4.78 is 28.6. The summed E-state index contributed by atoms with van der Waals surface area (Å²) in [5.74, 6) is -1.18. The summed E-state index contributed by atoms with van der Waals surface area (Å²) in [6.45, 7) is 6.17. The number of fused-ring (bicyclic) bond motifs is 1. The number of rotatable bonds is 8. The Morgan fingerprint density at radius 3 is 2.54 bits per heavy atom. The molecule has 2 unspecified atom stereocenters. The van der Waals surface area contributed by atoms with Crippen molar-refractivity contribution < 1.29 is 18.3 Å². The molecule has 1 saturated heterocycles. The molecule has 8 nitrogen and oxygen atoms in total. The molecule has 2 aliphatic rings. The average molecular weight is 553 g/mol. The zero-order chi connectivity index (χ0) is 27.7. The third-order valence-electron chi connectivity index (χ3n) is 8.95. The molecule has 1 N–H and O–H groups in total. The molecule has 2 heterocycles. The Balaban J connectivity index is 1.40. The Bertz CT molecular complexity index is 1460. The van der Waals surface area contributed by atoms with Gasteiger partial charge in [-0.05, 0) is 80.0 Å². The van der Waals surface area contributed by atoms with Gasteiger partial charge in [-0.15, -0.1) is 5.10 Å². The van der Waals surface area contributed by atoms with E-state index in [2.05, 4.69) is 34.3 Å². The number of benzene rings is 2. The molecule has 0 amide bonds. The molecule has 1 aliphatic carbocycles. The summed E-state index contributed by atoms with van der Waals surface area (Å²) in [7, 11) is -1.28. The quantitative estimate of drug-likeness (QED) is 0.424. The SMILES string of the molecule is Cc1ccc(C(CC(=O)O)c2ccc3c(nnn3C)c2C)cc1CN1CCCC(S(=O)(=O)C2CCCCC2)C1. The van der Waals surface area contributed by atoms with Crippen LogP contribution >= 0.6 is 0 Å². The number of piperidine rings is 1. The van der Waals surface area contributed by atoms with Gasteiger partial charge in [0.1, 0.15) is 5.52 Å². The van der Waals surface area contributed by atoms with Crippen molar-refractivity contribution in [2.75, 3.05) is 13.1 Å². The summed E-state index contributed by atoms with van der Waals surface area (Å²) in [4.78, 5) is 14.2. The molecular formula is C30H40N4O4S. The molecule has 210 valence electrons. The van der Waals surface area contributed by atoms with Crippen molar-refractivity contribution in [2.45, 2.75) is 88.2 Å². The first-order chi connectivity index (χ1) is 18.6. The lowest BCUT2D eigenvalue weighted by Gasteiger charge is -2.35. The molecule has 0 radical (unpaired) electrons. The molecule has 3 aromatic rings. The molecule has 5 rings (SSSR count). The van der Waals surface area contributed by atoms with Crippen LogP contribution in [0.5, 0.6) is 0 Å². The van der Waals surface area contributed by atoms with Gasteiger partial charge in [-0.1, -0.05) is 48.7 Å². The van der Waals surface area contributed by atoms with Crippen LogP contribution in [0, 0.1) is 13.8 Å². The second-order valence-electron chi connectivity index (χ2n) is 11.5. The van der Waals surface area contributed by atoms with Crippen LogP contribution in [0.1, 0.15) is 85.1 Å². The van der Waals surface area contributed by atoms with E-state index in [9.17, 15) is 18.3 Å². The van der Waals surface area contributed by atoms with E-state index in [1.54, 1.807) is 4.68 Å². The van der Waals surface area contributed by atoms with E-state index >= 15 is 0 Å². The lowest BCUT2D eigenvalue weighted by Crippen LogP contribution is -2.45. The minimum atomic E-state index is -3.13. The van der Waals surface area contributed by atoms with Crippen LogP contribution in [-0.2, 0) is 28.2 Å². The fourth-order valence-electron chi connectivity index (χ4n) is 6.62. The van der Waals surface area contributed by atoms with Crippen molar-refractivity contribution in [1.82, 2.24) is 19.9 Å². The fraction of sp³-hybridized carbons (Fsp3) is 0.567. The molecule has 39 heavy (non-hydrogen) atoms. The zero-order valence-corrected chi connectivity index (χ0v) is 24.1. The lowest BCUT2D eigenvalue weighted by molar-refractivity contribution is -0.137. The second-order valence-corrected chi connectivity index (χ2v) is 14.1. The summed E-state index contributed by atoms with van der Waals surface area (Å²) in [6.07, 6.45) is 6.41. The number of aromatic nitrogens is 3. The number of likely N-dealkylation sites (tertiary alicyclic amines) is 1. The van der Waals surface area contributed by atoms with Crippen LogP contribution in [0.3, 0.4) is 0 Å². The van der Waals surface area contributed by atoms with Gasteiger partial charge in [0.25, 0.3) is 0 Å². The van der Waals surface area contributed by atoms with E-state index in [0.717, 1.165) is 90.3 Å². The highest BCUT2D eigenvalue weighted by molar-refractivity contribution is 7.92. The van der Waals surface area contributed by atoms with Crippen molar-refractivity contribution in [2.24, 2.45) is 7.05 Å². The molecule has 2 aromatic carbocycles. The van der Waals surface area contributed by atoms with Crippen LogP contribution in [-0.4, -0.2) is 63.0 Å². The predicted octanol–water partition coefficient (Wildman–Crippen LogP) is 4.90. The maximum atomic E-state index is 13.4. The van der Waals surface area contributed by atoms with Crippen LogP contribution < -0.4 is 0 Å². The van der Waals surface area contributed by atoms with Gasteiger partial charge in [0, 0.05) is 26.1 Å². The van der Waals surface area contributed by atoms with E-state index < -0.39 is 15.8 Å². The van der Waals surface area contributed by atoms with Gasteiger partial charge in [0.05, 0.1) is 22.4 Å². The van der Waals surface area contributed by atoms with Crippen molar-refractivity contribution in [1.29, 1.82) is 0 Å². The number of carboxylic acids is 1. The first-order valence-corrected chi connectivity index (χ1v) is 15.8. The Morgan fingerprint density at radius 1 is 1.05 bits per heavy atom. The maximum absolute atomic E-state index is 13.4. The first kappa shape index (κ1) is 27.8. The van der Waals surface area contributed by atoms with Crippen LogP contribution in [0.15, 0.2) is 30.3 Å². The number of hydrogen-bond donors (Lipinski definition) is 1. The van der Waals surface area contributed by atoms with Gasteiger partial charge < -0.3 is 5.11 Å². The van der Waals surface area contributed by atoms with Gasteiger partial charge in [0.2, 0.25) is 0 Å². The van der Waals surface area contributed by atoms with Crippen LogP contribution in [0.2, 0.25) is 0 Å². The van der Waals surface area contributed by atoms with Gasteiger partial charge in [0.15, 0.2) is 9.84 Å². The molecule has 0 bridgehead atoms. The summed E-state index contributed by atoms with van der Waals surface area (Å²) >= 11 is 0. The maximum Gasteiger partial charge on any atom is 0.304 e. The molecule has 2 fully saturated rings. The molecule has 2 atom stereocenters. The number of nitrogens with zero attached hydrogens (tertiary/aromatic N) is 4. The Hall–Kier alpha value is -2.78. The van der Waals surface area contributed by atoms with Crippen molar-refractivity contribution in [3.05, 3.63) is 58.1 Å². The Labute approximate surface area is 231 Å². The molecule has 0 spiro atoms. The standard InChI is InChI=1S/C30H40N4O4S/c1-20-11-12-22(27(17-29(35)36)26-13-14-28-30(21(26)2)31-32-33(28)3)16-23(20)18-34-15-7-10-25(19-34)39(37,38)24-8-5-4-6-9-24/h11-14,16,24-25,27H,4-10,15,17-19H2,1-3H3,(H,35,36). The summed E-state index contributed by atoms with van der Waals surface area (Å²) in [6, 6.07) is 10.2. The summed E-state index contributed by atoms with van der Waals surface area (Å²) in [5, 5.41) is 17.8. The smallest absolute Gasteiger partial charge is 0.304 e. The lowest BCUT2D eigenvalue weighted by atomic mass is 9.84. The number of sulfone groups is 1. The zero-order valence-electron chi connectivity index (χ0n) is 23.3. The normalized spacial score (nSPS) is 20.3. The predicted molar refractivity (Wildman–Crippen MR) is 153 cm³/mol. The van der Waals surface area contributed by atoms with E-state index in [1.165, 1.54) is 0 Å². The van der Waals surface area contributed by atoms with E-state index in [0.29, 0.717) is 13.1 Å². The molecule has 1 aromatic heterocycles. The van der Waals surface area contributed by atoms with Crippen molar-refractivity contribution >= 4 is 26.8 Å². The van der Waals surface area contributed by atoms with Gasteiger partial charge in [-0.25, -0.2) is 13.1 Å². The Kier molecular flexibility index (Phi) is 8.10. The minimum absolute atomic E-state index is 0.0273. The number of hydrogen-bond acceptors (Lipinski definition) is 6. The van der Waals surface area contributed by atoms with Crippen molar-refractivity contribution in [3.8, 4) is 0 Å². The minimum Gasteiger partial charge on any atom is -0.481 e. The van der Waals surface area contributed by atoms with E-state index in [-0.39, 0.29) is 22.8 Å².